The van der Waals surface area contributed by atoms with E-state index < -0.39 is 11.2 Å². The van der Waals surface area contributed by atoms with Crippen LogP contribution in [0.15, 0.2) is 0 Å². The Morgan fingerprint density at radius 3 is 2.47 bits per heavy atom. The predicted octanol–water partition coefficient (Wildman–Crippen LogP) is 1.00. The van der Waals surface area contributed by atoms with Crippen molar-refractivity contribution in [1.29, 1.82) is 0 Å². The quantitative estimate of drug-likeness (QED) is 0.645. The van der Waals surface area contributed by atoms with Crippen molar-refractivity contribution < 1.29 is 10.2 Å². The summed E-state index contributed by atoms with van der Waals surface area (Å²) in [6, 6.07) is 0. The maximum Gasteiger partial charge on any atom is 0.0867 e. The molecule has 0 amide bonds. The van der Waals surface area contributed by atoms with E-state index >= 15 is 0 Å². The van der Waals surface area contributed by atoms with Gasteiger partial charge in [0.1, 0.15) is 0 Å². The van der Waals surface area contributed by atoms with Gasteiger partial charge in [0.25, 0.3) is 0 Å². The Bertz CT molecular complexity index is 393. The van der Waals surface area contributed by atoms with Gasteiger partial charge in [-0.2, -0.15) is 0 Å². The zero-order valence-electron chi connectivity index (χ0n) is 8.60. The molecule has 0 heterocycles. The van der Waals surface area contributed by atoms with Crippen LogP contribution in [0.2, 0.25) is 0 Å². The summed E-state index contributed by atoms with van der Waals surface area (Å²) in [6.45, 7) is 1.98. The van der Waals surface area contributed by atoms with Crippen molar-refractivity contribution in [2.75, 3.05) is 0 Å². The van der Waals surface area contributed by atoms with E-state index in [1.54, 1.807) is 0 Å². The van der Waals surface area contributed by atoms with Crippen LogP contribution in [0.3, 0.4) is 0 Å². The summed E-state index contributed by atoms with van der Waals surface area (Å²) in [5.41, 5.74) is -1.15. The lowest BCUT2D eigenvalue weighted by molar-refractivity contribution is -0.0700. The van der Waals surface area contributed by atoms with Gasteiger partial charge in [0, 0.05) is 10.7 Å². The fourth-order valence-electron chi connectivity index (χ4n) is 7.06. The lowest BCUT2D eigenvalue weighted by Gasteiger charge is -2.38. The van der Waals surface area contributed by atoms with Crippen LogP contribution in [0.4, 0.5) is 0 Å². The van der Waals surface area contributed by atoms with Gasteiger partial charge < -0.3 is 10.2 Å². The molecule has 82 valence electrons. The number of hydrogen-bond donors (Lipinski definition) is 2. The van der Waals surface area contributed by atoms with Crippen molar-refractivity contribution in [2.24, 2.45) is 41.4 Å². The highest BCUT2D eigenvalue weighted by molar-refractivity contribution is 9.09. The summed E-state index contributed by atoms with van der Waals surface area (Å²) in [5.74, 6) is 3.70. The second-order valence-corrected chi connectivity index (χ2v) is 7.75. The van der Waals surface area contributed by atoms with Gasteiger partial charge in [-0.05, 0) is 48.9 Å². The molecule has 0 saturated heterocycles. The zero-order valence-corrected chi connectivity index (χ0v) is 10.2. The van der Waals surface area contributed by atoms with E-state index in [9.17, 15) is 10.2 Å². The molecule has 6 fully saturated rings. The van der Waals surface area contributed by atoms with Crippen LogP contribution in [-0.4, -0.2) is 26.2 Å². The first-order chi connectivity index (χ1) is 7.00. The van der Waals surface area contributed by atoms with Gasteiger partial charge >= 0.3 is 0 Å². The second-order valence-electron chi connectivity index (χ2n) is 6.76. The third-order valence-corrected chi connectivity index (χ3v) is 8.13. The maximum atomic E-state index is 10.9. The van der Waals surface area contributed by atoms with Crippen molar-refractivity contribution in [2.45, 2.75) is 29.4 Å². The van der Waals surface area contributed by atoms with E-state index in [1.807, 2.05) is 6.92 Å². The molecule has 0 aromatic carbocycles. The molecular weight excluding hydrogens is 256 g/mol. The molecule has 6 aliphatic carbocycles. The fraction of sp³-hybridized carbons (Fsp3) is 1.00. The molecule has 0 aromatic heterocycles. The molecule has 6 bridgehead atoms. The van der Waals surface area contributed by atoms with Gasteiger partial charge in [-0.15, -0.1) is 0 Å². The normalized spacial score (nSPS) is 85.6. The third kappa shape index (κ3) is 0.502. The van der Waals surface area contributed by atoms with E-state index in [2.05, 4.69) is 15.9 Å². The minimum Gasteiger partial charge on any atom is -0.389 e. The molecule has 0 aromatic rings. The van der Waals surface area contributed by atoms with Crippen molar-refractivity contribution in [3.63, 3.8) is 0 Å². The summed E-state index contributed by atoms with van der Waals surface area (Å²) in [7, 11) is 0. The number of alkyl halides is 1. The van der Waals surface area contributed by atoms with E-state index in [0.29, 0.717) is 29.6 Å². The van der Waals surface area contributed by atoms with Crippen LogP contribution in [0.25, 0.3) is 0 Å². The predicted molar refractivity (Wildman–Crippen MR) is 57.3 cm³/mol. The van der Waals surface area contributed by atoms with Gasteiger partial charge in [0.15, 0.2) is 0 Å². The van der Waals surface area contributed by atoms with Crippen LogP contribution >= 0.6 is 15.9 Å². The van der Waals surface area contributed by atoms with Crippen LogP contribution in [0.5, 0.6) is 0 Å². The Labute approximate surface area is 97.2 Å². The minimum absolute atomic E-state index is 0.165. The van der Waals surface area contributed by atoms with Gasteiger partial charge in [0.2, 0.25) is 0 Å². The SMILES string of the molecule is C[C@]1(O)[C@H]2[C@H]3C[C@H]4[C@H]5[C@@H]3[C@H]1[C@](O)([C@H]42)[C@@H]5Br. The van der Waals surface area contributed by atoms with Crippen LogP contribution in [-0.2, 0) is 0 Å². The third-order valence-electron chi connectivity index (χ3n) is 6.79. The smallest absolute Gasteiger partial charge is 0.0867 e. The summed E-state index contributed by atoms with van der Waals surface area (Å²) in [4.78, 5) is 0.263. The van der Waals surface area contributed by atoms with Crippen LogP contribution in [0, 0.1) is 41.4 Å². The lowest BCUT2D eigenvalue weighted by atomic mass is 9.69. The minimum atomic E-state index is -0.583. The zero-order chi connectivity index (χ0) is 10.3. The Hall–Kier alpha value is 0.400. The monoisotopic (exact) mass is 270 g/mol. The Morgan fingerprint density at radius 1 is 1.13 bits per heavy atom. The number of hydrogen-bond acceptors (Lipinski definition) is 2. The fourth-order valence-corrected chi connectivity index (χ4v) is 8.39. The molecule has 0 spiro atoms. The summed E-state index contributed by atoms with van der Waals surface area (Å²) < 4.78 is 0. The highest BCUT2D eigenvalue weighted by atomic mass is 79.9. The van der Waals surface area contributed by atoms with Crippen LogP contribution in [0.1, 0.15) is 13.3 Å². The first kappa shape index (κ1) is 8.48. The average molecular weight is 271 g/mol. The molecule has 0 unspecified atom stereocenters. The Kier molecular flexibility index (Phi) is 1.05. The summed E-state index contributed by atoms with van der Waals surface area (Å²) in [5, 5.41) is 21.6. The highest BCUT2D eigenvalue weighted by Gasteiger charge is 2.91. The van der Waals surface area contributed by atoms with E-state index in [1.165, 1.54) is 6.42 Å². The maximum absolute atomic E-state index is 10.9. The molecule has 3 heteroatoms. The van der Waals surface area contributed by atoms with E-state index in [0.717, 1.165) is 5.92 Å². The first-order valence-corrected chi connectivity index (χ1v) is 7.01. The number of halogens is 1. The van der Waals surface area contributed by atoms with Gasteiger partial charge in [-0.25, -0.2) is 0 Å². The van der Waals surface area contributed by atoms with Gasteiger partial charge in [-0.3, -0.25) is 0 Å². The standard InChI is InChI=1S/C12H15BrO2/c1-11(14)7-3-2-4-6-5(3)9(11)12(15,8(4)7)10(6)13/h3-10,14-15H,2H2,1H3/t3-,4-,5+,6-,7-,8+,9+,10+,11-,12+/m0/s1. The molecule has 15 heavy (non-hydrogen) atoms. The van der Waals surface area contributed by atoms with Crippen molar-refractivity contribution >= 4 is 15.9 Å². The number of rotatable bonds is 0. The van der Waals surface area contributed by atoms with Crippen molar-refractivity contribution in [1.82, 2.24) is 0 Å². The van der Waals surface area contributed by atoms with Crippen molar-refractivity contribution in [3.05, 3.63) is 0 Å². The number of aliphatic hydroxyl groups is 2. The molecule has 2 nitrogen and oxygen atoms in total. The molecule has 6 rings (SSSR count). The highest BCUT2D eigenvalue weighted by Crippen LogP contribution is 2.87. The Balaban J connectivity index is 1.88. The largest absolute Gasteiger partial charge is 0.389 e. The molecule has 10 atom stereocenters. The lowest BCUT2D eigenvalue weighted by Crippen LogP contribution is -2.47. The van der Waals surface area contributed by atoms with E-state index in [-0.39, 0.29) is 10.7 Å². The molecule has 0 aliphatic heterocycles. The average Bonchev–Trinajstić information content (AvgIpc) is 2.81. The molecule has 2 N–H and O–H groups in total. The summed E-state index contributed by atoms with van der Waals surface area (Å²) in [6.07, 6.45) is 1.28. The first-order valence-electron chi connectivity index (χ1n) is 6.09. The topological polar surface area (TPSA) is 40.5 Å². The van der Waals surface area contributed by atoms with Crippen molar-refractivity contribution in [3.8, 4) is 0 Å². The van der Waals surface area contributed by atoms with Gasteiger partial charge in [-0.1, -0.05) is 15.9 Å². The van der Waals surface area contributed by atoms with Gasteiger partial charge in [0.05, 0.1) is 11.2 Å². The molecule has 6 aliphatic rings. The Morgan fingerprint density at radius 2 is 1.80 bits per heavy atom. The summed E-state index contributed by atoms with van der Waals surface area (Å²) >= 11 is 3.73. The van der Waals surface area contributed by atoms with Crippen LogP contribution < -0.4 is 0 Å². The van der Waals surface area contributed by atoms with E-state index in [4.69, 9.17) is 0 Å². The molecule has 6 saturated carbocycles. The molecule has 0 radical (unpaired) electrons. The second kappa shape index (κ2) is 1.85. The molecular formula is C12H15BrO2.